The molecule has 0 radical (unpaired) electrons. The summed E-state index contributed by atoms with van der Waals surface area (Å²) in [6.07, 6.45) is 0.886. The van der Waals surface area contributed by atoms with Crippen LogP contribution in [0.5, 0.6) is 0 Å². The first-order valence-electron chi connectivity index (χ1n) is 9.90. The van der Waals surface area contributed by atoms with Crippen LogP contribution in [-0.4, -0.2) is 21.6 Å². The van der Waals surface area contributed by atoms with E-state index in [4.69, 9.17) is 0 Å². The quantitative estimate of drug-likeness (QED) is 0.668. The largest absolute Gasteiger partial charge is 0.506 e. The number of benzene rings is 2. The molecule has 1 atom stereocenters. The van der Waals surface area contributed by atoms with Gasteiger partial charge in [0.25, 0.3) is 0 Å². The molecule has 30 heavy (non-hydrogen) atoms. The molecular weight excluding hydrogens is 394 g/mol. The summed E-state index contributed by atoms with van der Waals surface area (Å²) in [6, 6.07) is 16.6. The van der Waals surface area contributed by atoms with Crippen LogP contribution in [0.25, 0.3) is 0 Å². The summed E-state index contributed by atoms with van der Waals surface area (Å²) < 4.78 is 1.65. The number of urea groups is 1. The molecule has 3 amide bonds. The Hall–Kier alpha value is -3.17. The molecule has 0 N–H and O–H groups in total. The Morgan fingerprint density at radius 2 is 1.80 bits per heavy atom. The minimum atomic E-state index is -0.465. The first-order valence-corrected chi connectivity index (χ1v) is 10.7. The number of thioether (sulfide) groups is 1. The van der Waals surface area contributed by atoms with Crippen LogP contribution in [-0.2, 0) is 17.8 Å². The average Bonchev–Trinajstić information content (AvgIpc) is 3.06. The highest BCUT2D eigenvalue weighted by atomic mass is 32.2. The van der Waals surface area contributed by atoms with E-state index in [1.165, 1.54) is 16.7 Å². The van der Waals surface area contributed by atoms with Gasteiger partial charge in [0, 0.05) is 5.56 Å². The smallest absolute Gasteiger partial charge is 0.245 e. The molecular formula is C24H22N3O2S+. The Balaban J connectivity index is 1.83. The maximum Gasteiger partial charge on any atom is 0.506 e. The Kier molecular flexibility index (Phi) is 5.31. The number of rotatable bonds is 4. The fourth-order valence-electron chi connectivity index (χ4n) is 3.83. The van der Waals surface area contributed by atoms with E-state index in [9.17, 15) is 14.9 Å². The number of nitriles is 1. The lowest BCUT2D eigenvalue weighted by Crippen LogP contribution is -2.53. The molecule has 0 saturated carbocycles. The lowest BCUT2D eigenvalue weighted by Gasteiger charge is -2.25. The van der Waals surface area contributed by atoms with E-state index in [2.05, 4.69) is 13.0 Å². The van der Waals surface area contributed by atoms with Gasteiger partial charge >= 0.3 is 11.9 Å². The van der Waals surface area contributed by atoms with Crippen molar-refractivity contribution in [2.45, 2.75) is 33.7 Å². The maximum atomic E-state index is 13.5. The fourth-order valence-corrected chi connectivity index (χ4v) is 5.07. The van der Waals surface area contributed by atoms with Crippen LogP contribution in [0.2, 0.25) is 0 Å². The molecule has 2 aromatic carbocycles. The van der Waals surface area contributed by atoms with Crippen LogP contribution in [0.1, 0.15) is 37.5 Å². The summed E-state index contributed by atoms with van der Waals surface area (Å²) in [5.41, 5.74) is 3.98. The summed E-state index contributed by atoms with van der Waals surface area (Å²) in [7, 11) is 0. The van der Waals surface area contributed by atoms with Crippen molar-refractivity contribution in [2.24, 2.45) is 5.92 Å². The van der Waals surface area contributed by atoms with Crippen LogP contribution in [0.3, 0.4) is 0 Å². The first-order chi connectivity index (χ1) is 14.5. The van der Waals surface area contributed by atoms with E-state index in [-0.39, 0.29) is 18.5 Å². The number of carbonyl (C=O) groups excluding carboxylic acids is 2. The number of hydrogen-bond donors (Lipinski definition) is 0. The number of carbonyl (C=O) groups is 2. The number of nitrogens with zero attached hydrogens (tertiary/aromatic N) is 3. The standard InChI is InChI=1S/C24H22N3O2S/c1-4-17-9-11-20(12-10-17)27-22(28)21-15(2)16(3)30-23(21)26(24(27)29)14-19-8-6-5-7-18(19)13-25/h5-12,21H,4,14H2,1-3H3/q+1. The monoisotopic (exact) mass is 416 g/mol. The third-order valence-corrected chi connectivity index (χ3v) is 7.01. The van der Waals surface area contributed by atoms with Crippen molar-refractivity contribution in [1.29, 1.82) is 5.26 Å². The van der Waals surface area contributed by atoms with Crippen molar-refractivity contribution >= 4 is 34.4 Å². The van der Waals surface area contributed by atoms with E-state index in [0.29, 0.717) is 11.3 Å². The second kappa shape index (κ2) is 7.92. The normalized spacial score (nSPS) is 18.7. The molecule has 2 aliphatic heterocycles. The van der Waals surface area contributed by atoms with Gasteiger partial charge in [0.15, 0.2) is 11.0 Å². The Morgan fingerprint density at radius 1 is 1.10 bits per heavy atom. The van der Waals surface area contributed by atoms with Crippen molar-refractivity contribution in [3.8, 4) is 6.07 Å². The summed E-state index contributed by atoms with van der Waals surface area (Å²) >= 11 is 1.48. The molecule has 2 aromatic rings. The Bertz CT molecular complexity index is 1160. The van der Waals surface area contributed by atoms with Crippen molar-refractivity contribution in [2.75, 3.05) is 4.90 Å². The lowest BCUT2D eigenvalue weighted by molar-refractivity contribution is -0.443. The summed E-state index contributed by atoms with van der Waals surface area (Å²) in [5, 5.41) is 10.2. The van der Waals surface area contributed by atoms with E-state index >= 15 is 0 Å². The summed E-state index contributed by atoms with van der Waals surface area (Å²) in [6.45, 7) is 6.24. The molecule has 2 aliphatic rings. The second-order valence-electron chi connectivity index (χ2n) is 7.44. The maximum absolute atomic E-state index is 13.5. The fraction of sp³-hybridized carbons (Fsp3) is 0.250. The Morgan fingerprint density at radius 3 is 2.47 bits per heavy atom. The number of anilines is 1. The van der Waals surface area contributed by atoms with Crippen LogP contribution < -0.4 is 4.90 Å². The van der Waals surface area contributed by atoms with Crippen LogP contribution in [0.4, 0.5) is 10.5 Å². The third kappa shape index (κ3) is 3.25. The number of aryl methyl sites for hydroxylation is 1. The molecule has 0 bridgehead atoms. The van der Waals surface area contributed by atoms with Gasteiger partial charge in [0.2, 0.25) is 0 Å². The van der Waals surface area contributed by atoms with Gasteiger partial charge in [0.05, 0.1) is 11.6 Å². The summed E-state index contributed by atoms with van der Waals surface area (Å²) in [4.78, 5) is 29.3. The first kappa shape index (κ1) is 20.1. The SMILES string of the molecule is CCc1ccc(N2C(=O)C3C(C)=C(C)SC3=[N+](Cc3ccccc3C#N)C2=O)cc1. The number of imide groups is 1. The molecule has 5 nitrogen and oxygen atoms in total. The van der Waals surface area contributed by atoms with Crippen molar-refractivity contribution in [1.82, 2.24) is 0 Å². The van der Waals surface area contributed by atoms with E-state index < -0.39 is 5.92 Å². The topological polar surface area (TPSA) is 64.2 Å². The van der Waals surface area contributed by atoms with Gasteiger partial charge in [-0.2, -0.15) is 14.6 Å². The van der Waals surface area contributed by atoms with Gasteiger partial charge in [-0.05, 0) is 54.5 Å². The third-order valence-electron chi connectivity index (χ3n) is 5.72. The highest BCUT2D eigenvalue weighted by Gasteiger charge is 2.52. The molecule has 4 rings (SSSR count). The van der Waals surface area contributed by atoms with E-state index in [0.717, 1.165) is 33.1 Å². The molecule has 1 unspecified atom stereocenters. The molecule has 2 heterocycles. The lowest BCUT2D eigenvalue weighted by atomic mass is 9.97. The predicted octanol–water partition coefficient (Wildman–Crippen LogP) is 4.86. The Labute approximate surface area is 180 Å². The number of allylic oxidation sites excluding steroid dienone is 1. The summed E-state index contributed by atoms with van der Waals surface area (Å²) in [5.74, 6) is -0.682. The van der Waals surface area contributed by atoms with Crippen LogP contribution in [0, 0.1) is 17.2 Å². The van der Waals surface area contributed by atoms with Gasteiger partial charge in [-0.1, -0.05) is 49.0 Å². The van der Waals surface area contributed by atoms with E-state index in [1.54, 1.807) is 16.7 Å². The van der Waals surface area contributed by atoms with Crippen molar-refractivity contribution < 1.29 is 14.2 Å². The predicted molar refractivity (Wildman–Crippen MR) is 118 cm³/mol. The van der Waals surface area contributed by atoms with Gasteiger partial charge in [0.1, 0.15) is 12.2 Å². The zero-order chi connectivity index (χ0) is 21.4. The van der Waals surface area contributed by atoms with Gasteiger partial charge in [-0.25, -0.2) is 4.79 Å². The number of hydrogen-bond acceptors (Lipinski definition) is 4. The van der Waals surface area contributed by atoms with Gasteiger partial charge in [-0.15, -0.1) is 4.90 Å². The highest BCUT2D eigenvalue weighted by Crippen LogP contribution is 2.42. The van der Waals surface area contributed by atoms with Crippen LogP contribution in [0.15, 0.2) is 59.0 Å². The molecule has 0 spiro atoms. The molecule has 150 valence electrons. The minimum Gasteiger partial charge on any atom is -0.245 e. The van der Waals surface area contributed by atoms with E-state index in [1.807, 2.05) is 50.2 Å². The minimum absolute atomic E-state index is 0.217. The zero-order valence-corrected chi connectivity index (χ0v) is 18.0. The molecule has 0 aromatic heterocycles. The number of amides is 3. The molecule has 6 heteroatoms. The zero-order valence-electron chi connectivity index (χ0n) is 17.2. The van der Waals surface area contributed by atoms with Crippen molar-refractivity contribution in [3.63, 3.8) is 0 Å². The van der Waals surface area contributed by atoms with Gasteiger partial charge < -0.3 is 0 Å². The molecule has 0 aliphatic carbocycles. The molecule has 0 fully saturated rings. The highest BCUT2D eigenvalue weighted by molar-refractivity contribution is 8.17. The van der Waals surface area contributed by atoms with Crippen LogP contribution >= 0.6 is 11.8 Å². The molecule has 0 saturated heterocycles. The average molecular weight is 417 g/mol. The van der Waals surface area contributed by atoms with Crippen molar-refractivity contribution in [3.05, 3.63) is 75.7 Å². The second-order valence-corrected chi connectivity index (χ2v) is 8.68. The number of fused-ring (bicyclic) bond motifs is 1. The van der Waals surface area contributed by atoms with Gasteiger partial charge in [-0.3, -0.25) is 0 Å².